The Morgan fingerprint density at radius 3 is 2.67 bits per heavy atom. The number of nitrogens with two attached hydrogens (primary N) is 1. The first-order valence-corrected chi connectivity index (χ1v) is 8.61. The minimum absolute atomic E-state index is 0.219. The van der Waals surface area contributed by atoms with E-state index in [2.05, 4.69) is 4.98 Å². The van der Waals surface area contributed by atoms with Crippen molar-refractivity contribution in [3.8, 4) is 5.69 Å². The van der Waals surface area contributed by atoms with Gasteiger partial charge in [0.1, 0.15) is 0 Å². The van der Waals surface area contributed by atoms with Gasteiger partial charge in [0.15, 0.2) is 11.2 Å². The third-order valence-corrected chi connectivity index (χ3v) is 4.73. The molecule has 0 aliphatic rings. The first-order chi connectivity index (χ1) is 13.0. The molecule has 138 valence electrons. The second-order valence-electron chi connectivity index (χ2n) is 6.45. The summed E-state index contributed by atoms with van der Waals surface area (Å²) in [6.07, 6.45) is 5.41. The van der Waals surface area contributed by atoms with Crippen molar-refractivity contribution in [1.82, 2.24) is 23.1 Å². The maximum absolute atomic E-state index is 13.0. The van der Waals surface area contributed by atoms with Gasteiger partial charge in [-0.05, 0) is 26.0 Å². The van der Waals surface area contributed by atoms with Crippen molar-refractivity contribution in [2.75, 3.05) is 5.73 Å². The summed E-state index contributed by atoms with van der Waals surface area (Å²) in [5, 5.41) is 0. The standard InChI is InChI=1S/C19H20N6O2/c1-4-5-10-23-17(26)15-16(22(3)19(23)27)21-18-24(15)11-12(2)25(18)14-9-7-6-8-13(14)20/h4-9,11H,10,20H2,1-3H3/b5-4+. The minimum atomic E-state index is -0.395. The lowest BCUT2D eigenvalue weighted by molar-refractivity contribution is 0.666. The van der Waals surface area contributed by atoms with E-state index in [1.807, 2.05) is 48.9 Å². The summed E-state index contributed by atoms with van der Waals surface area (Å²) in [6.45, 7) is 3.99. The first-order valence-electron chi connectivity index (χ1n) is 8.61. The highest BCUT2D eigenvalue weighted by Gasteiger charge is 2.20. The van der Waals surface area contributed by atoms with Crippen LogP contribution in [0.25, 0.3) is 22.6 Å². The summed E-state index contributed by atoms with van der Waals surface area (Å²) < 4.78 is 6.22. The number of nitrogens with zero attached hydrogens (tertiary/aromatic N) is 5. The number of nitrogen functional groups attached to an aromatic ring is 1. The Morgan fingerprint density at radius 1 is 1.22 bits per heavy atom. The fourth-order valence-electron chi connectivity index (χ4n) is 3.37. The largest absolute Gasteiger partial charge is 0.397 e. The van der Waals surface area contributed by atoms with Gasteiger partial charge in [-0.2, -0.15) is 4.98 Å². The molecule has 1 aromatic carbocycles. The molecule has 0 aliphatic carbocycles. The number of aromatic nitrogens is 5. The van der Waals surface area contributed by atoms with Crippen LogP contribution in [0, 0.1) is 6.92 Å². The van der Waals surface area contributed by atoms with Crippen LogP contribution in [0.1, 0.15) is 12.6 Å². The number of fused-ring (bicyclic) bond motifs is 3. The molecule has 4 aromatic rings. The van der Waals surface area contributed by atoms with Crippen molar-refractivity contribution in [3.05, 3.63) is 69.1 Å². The van der Waals surface area contributed by atoms with Gasteiger partial charge < -0.3 is 5.73 Å². The highest BCUT2D eigenvalue weighted by atomic mass is 16.2. The van der Waals surface area contributed by atoms with E-state index < -0.39 is 5.69 Å². The number of rotatable bonds is 3. The van der Waals surface area contributed by atoms with Gasteiger partial charge in [0.05, 0.1) is 11.4 Å². The van der Waals surface area contributed by atoms with E-state index in [0.717, 1.165) is 11.4 Å². The third-order valence-electron chi connectivity index (χ3n) is 4.73. The average molecular weight is 364 g/mol. The summed E-state index contributed by atoms with van der Waals surface area (Å²) in [6, 6.07) is 7.46. The van der Waals surface area contributed by atoms with Crippen molar-refractivity contribution < 1.29 is 0 Å². The van der Waals surface area contributed by atoms with Crippen molar-refractivity contribution >= 4 is 22.6 Å². The lowest BCUT2D eigenvalue weighted by atomic mass is 10.2. The summed E-state index contributed by atoms with van der Waals surface area (Å²) in [5.74, 6) is 0.538. The Kier molecular flexibility index (Phi) is 3.76. The molecule has 4 rings (SSSR count). The molecule has 0 saturated carbocycles. The zero-order valence-corrected chi connectivity index (χ0v) is 15.4. The van der Waals surface area contributed by atoms with Crippen LogP contribution in [0.15, 0.2) is 52.2 Å². The molecule has 8 heteroatoms. The molecule has 2 N–H and O–H groups in total. The zero-order chi connectivity index (χ0) is 19.3. The third kappa shape index (κ3) is 2.33. The fraction of sp³-hybridized carbons (Fsp3) is 0.211. The number of aryl methyl sites for hydroxylation is 2. The van der Waals surface area contributed by atoms with E-state index in [-0.39, 0.29) is 12.1 Å². The molecule has 27 heavy (non-hydrogen) atoms. The average Bonchev–Trinajstić information content (AvgIpc) is 3.15. The van der Waals surface area contributed by atoms with Gasteiger partial charge in [0, 0.05) is 25.5 Å². The molecule has 0 spiro atoms. The number of para-hydroxylation sites is 2. The van der Waals surface area contributed by atoms with E-state index in [4.69, 9.17) is 5.73 Å². The van der Waals surface area contributed by atoms with Gasteiger partial charge in [-0.15, -0.1) is 0 Å². The molecule has 0 fully saturated rings. The molecule has 0 amide bonds. The van der Waals surface area contributed by atoms with Crippen LogP contribution < -0.4 is 17.0 Å². The number of hydrogen-bond acceptors (Lipinski definition) is 4. The summed E-state index contributed by atoms with van der Waals surface area (Å²) in [4.78, 5) is 30.2. The lowest BCUT2D eigenvalue weighted by Gasteiger charge is -2.08. The van der Waals surface area contributed by atoms with Gasteiger partial charge >= 0.3 is 5.69 Å². The summed E-state index contributed by atoms with van der Waals surface area (Å²) in [7, 11) is 1.62. The van der Waals surface area contributed by atoms with E-state index in [1.54, 1.807) is 23.6 Å². The molecule has 0 saturated heterocycles. The molecular weight excluding hydrogens is 344 g/mol. The van der Waals surface area contributed by atoms with Crippen LogP contribution in [0.4, 0.5) is 5.69 Å². The maximum atomic E-state index is 13.0. The fourth-order valence-corrected chi connectivity index (χ4v) is 3.37. The van der Waals surface area contributed by atoms with Gasteiger partial charge in [0.2, 0.25) is 5.78 Å². The van der Waals surface area contributed by atoms with Crippen LogP contribution in [0.3, 0.4) is 0 Å². The highest BCUT2D eigenvalue weighted by molar-refractivity contribution is 5.77. The lowest BCUT2D eigenvalue weighted by Crippen LogP contribution is -2.39. The Balaban J connectivity index is 2.14. The second-order valence-corrected chi connectivity index (χ2v) is 6.45. The van der Waals surface area contributed by atoms with E-state index in [0.29, 0.717) is 22.6 Å². The Morgan fingerprint density at radius 2 is 1.96 bits per heavy atom. The molecule has 3 aromatic heterocycles. The van der Waals surface area contributed by atoms with Crippen molar-refractivity contribution in [1.29, 1.82) is 0 Å². The molecule has 0 bridgehead atoms. The topological polar surface area (TPSA) is 92.2 Å². The molecule has 0 atom stereocenters. The number of benzene rings is 1. The predicted molar refractivity (Wildman–Crippen MR) is 105 cm³/mol. The Labute approximate surface area is 154 Å². The second kappa shape index (κ2) is 6.01. The molecule has 0 aliphatic heterocycles. The smallest absolute Gasteiger partial charge is 0.332 e. The number of allylic oxidation sites excluding steroid dienone is 2. The van der Waals surface area contributed by atoms with Crippen molar-refractivity contribution in [3.63, 3.8) is 0 Å². The van der Waals surface area contributed by atoms with E-state index in [1.165, 1.54) is 9.13 Å². The van der Waals surface area contributed by atoms with Crippen molar-refractivity contribution in [2.45, 2.75) is 20.4 Å². The molecule has 3 heterocycles. The molecule has 8 nitrogen and oxygen atoms in total. The SMILES string of the molecule is C/C=C/Cn1c(=O)c2c(nc3n(-c4ccccc4N)c(C)cn23)n(C)c1=O. The van der Waals surface area contributed by atoms with Crippen molar-refractivity contribution in [2.24, 2.45) is 7.05 Å². The van der Waals surface area contributed by atoms with Gasteiger partial charge in [-0.25, -0.2) is 4.79 Å². The van der Waals surface area contributed by atoms with Crippen LogP contribution in [0.2, 0.25) is 0 Å². The van der Waals surface area contributed by atoms with Gasteiger partial charge in [0.25, 0.3) is 5.56 Å². The zero-order valence-electron chi connectivity index (χ0n) is 15.4. The van der Waals surface area contributed by atoms with Crippen LogP contribution in [-0.4, -0.2) is 23.1 Å². The Bertz CT molecular complexity index is 1330. The van der Waals surface area contributed by atoms with E-state index in [9.17, 15) is 9.59 Å². The maximum Gasteiger partial charge on any atom is 0.332 e. The van der Waals surface area contributed by atoms with Gasteiger partial charge in [-0.1, -0.05) is 24.3 Å². The summed E-state index contributed by atoms with van der Waals surface area (Å²) >= 11 is 0. The van der Waals surface area contributed by atoms with Crippen LogP contribution in [-0.2, 0) is 13.6 Å². The molecule has 0 radical (unpaired) electrons. The van der Waals surface area contributed by atoms with Crippen LogP contribution in [0.5, 0.6) is 0 Å². The normalized spacial score (nSPS) is 12.0. The summed E-state index contributed by atoms with van der Waals surface area (Å²) in [5.41, 5.74) is 8.36. The number of hydrogen-bond donors (Lipinski definition) is 1. The van der Waals surface area contributed by atoms with Gasteiger partial charge in [-0.3, -0.25) is 22.9 Å². The molecule has 0 unspecified atom stereocenters. The van der Waals surface area contributed by atoms with E-state index >= 15 is 0 Å². The monoisotopic (exact) mass is 364 g/mol. The Hall–Kier alpha value is -3.55. The minimum Gasteiger partial charge on any atom is -0.397 e. The molecular formula is C19H20N6O2. The predicted octanol–water partition coefficient (Wildman–Crippen LogP) is 1.61. The first kappa shape index (κ1) is 16.9. The quantitative estimate of drug-likeness (QED) is 0.441. The highest BCUT2D eigenvalue weighted by Crippen LogP contribution is 2.24. The number of anilines is 1. The number of imidazole rings is 2. The van der Waals surface area contributed by atoms with Crippen LogP contribution >= 0.6 is 0 Å².